The average Bonchev–Trinajstić information content (AvgIpc) is 1.60. The van der Waals surface area contributed by atoms with Crippen LogP contribution in [0.2, 0.25) is 0 Å². The molecule has 17 rings (SSSR count). The molecule has 99 heavy (non-hydrogen) atoms. The molecule has 2 unspecified atom stereocenters. The number of pyridine rings is 3. The molecule has 0 saturated heterocycles. The Bertz CT molecular complexity index is 4920. The molecule has 11 aromatic rings. The summed E-state index contributed by atoms with van der Waals surface area (Å²) in [5.41, 5.74) is 28.7. The van der Waals surface area contributed by atoms with E-state index in [0.29, 0.717) is 5.92 Å². The molecule has 0 amide bonds. The van der Waals surface area contributed by atoms with Gasteiger partial charge in [-0.1, -0.05) is 261 Å². The highest BCUT2D eigenvalue weighted by Gasteiger charge is 2.40. The highest BCUT2D eigenvalue weighted by Crippen LogP contribution is 2.44. The Kier molecular flexibility index (Phi) is 18.8. The lowest BCUT2D eigenvalue weighted by molar-refractivity contribution is -0.636. The highest BCUT2D eigenvalue weighted by molar-refractivity contribution is 5.84. The minimum Gasteiger partial charge on any atom is -0.348 e. The molecule has 492 valence electrons. The zero-order valence-corrected chi connectivity index (χ0v) is 58.5. The monoisotopic (exact) mass is 1290 g/mol. The van der Waals surface area contributed by atoms with Crippen LogP contribution in [0.15, 0.2) is 285 Å². The Labute approximate surface area is 586 Å². The molecule has 8 nitrogen and oxygen atoms in total. The number of nitrogens with zero attached hydrogens (tertiary/aromatic N) is 8. The molecule has 3 aromatic heterocycles. The van der Waals surface area contributed by atoms with Gasteiger partial charge >= 0.3 is 0 Å². The van der Waals surface area contributed by atoms with Crippen molar-refractivity contribution < 1.29 is 18.0 Å². The SMILES string of the molecule is C1=CC(=c2cccc3[n+]2=CN(Cc2ccccc2)C3c2ccccc2)c2ccccc2[CH-]1.CC(C)c1ccc(N2C=[N+]3C(c4ccccc4)=CC=C[C-]3C2c2ccccc2)cc1.Cc1cc(C)c(N2[CH-][n+]3c(C)cccc3C2)c(C)c1.Cc1cc(C)c(N2[CH-][n+]3ccccc3C2)c(C)c1. The fourth-order valence-electron chi connectivity index (χ4n) is 15.1. The largest absolute Gasteiger partial charge is 0.348 e. The van der Waals surface area contributed by atoms with E-state index in [1.807, 2.05) is 0 Å². The number of rotatable bonds is 9. The van der Waals surface area contributed by atoms with Crippen LogP contribution >= 0.6 is 0 Å². The van der Waals surface area contributed by atoms with E-state index >= 15 is 0 Å². The Morgan fingerprint density at radius 2 is 1.13 bits per heavy atom. The summed E-state index contributed by atoms with van der Waals surface area (Å²) in [7, 11) is 0. The smallest absolute Gasteiger partial charge is 0.245 e. The van der Waals surface area contributed by atoms with Crippen LogP contribution in [0.25, 0.3) is 11.3 Å². The van der Waals surface area contributed by atoms with Crippen LogP contribution in [0, 0.1) is 80.6 Å². The standard InChI is InChI=1S/C30H24N2.C28H26N2.C17H20N2.C16H18N2/c1-3-11-23(12-4-1)21-31-22-32-28(27-18-9-16-24-13-7-8-17-26(24)27)19-10-20-29(32)30(31)25-14-5-2-6-15-25;1-21(2)22-16-18-25(19-17-22)29-20-30-26(23-10-5-3-6-11-23)14-9-15-27(30)28(29)24-12-7-4-8-13-24;1-12-8-13(2)17(14(3)9-12)18-10-16-7-5-6-15(4)19(16)11-18;1-12-8-13(2)16(14(3)9-12)18-10-15-6-4-5-7-17(15)11-18/h1-20,22,30H,21H2;3-21,28H,1-2H3;5-9,11H,10H2,1-4H3;4-9,11H,10H2,1-3H3. The quantitative estimate of drug-likeness (QED) is 0.106. The van der Waals surface area contributed by atoms with E-state index in [2.05, 4.69) is 418 Å². The van der Waals surface area contributed by atoms with Crippen LogP contribution in [-0.2, 0) is 19.6 Å². The number of anilines is 3. The molecule has 0 spiro atoms. The summed E-state index contributed by atoms with van der Waals surface area (Å²) < 4.78 is 9.18. The minimum absolute atomic E-state index is 0.139. The van der Waals surface area contributed by atoms with Gasteiger partial charge in [-0.25, -0.2) is 4.90 Å². The lowest BCUT2D eigenvalue weighted by atomic mass is 9.92. The molecule has 8 heterocycles. The van der Waals surface area contributed by atoms with E-state index in [1.54, 1.807) is 0 Å². The molecular formula is C91H88N8. The number of allylic oxidation sites excluding steroid dienone is 4. The molecule has 0 fully saturated rings. The van der Waals surface area contributed by atoms with Crippen molar-refractivity contribution >= 4 is 34.7 Å². The van der Waals surface area contributed by atoms with Crippen LogP contribution in [-0.4, -0.2) is 15.8 Å². The lowest BCUT2D eigenvalue weighted by Crippen LogP contribution is -2.40. The number of hydrogen-bond donors (Lipinski definition) is 0. The summed E-state index contributed by atoms with van der Waals surface area (Å²) in [4.78, 5) is 9.53. The molecule has 6 aliphatic rings. The molecule has 0 radical (unpaired) electrons. The summed E-state index contributed by atoms with van der Waals surface area (Å²) in [6.45, 7) is 26.9. The maximum absolute atomic E-state index is 2.45. The van der Waals surface area contributed by atoms with Gasteiger partial charge in [-0.2, -0.15) is 4.24 Å². The number of aryl methyl sites for hydroxylation is 7. The van der Waals surface area contributed by atoms with Crippen molar-refractivity contribution in [2.45, 2.75) is 99.9 Å². The molecule has 0 saturated carbocycles. The fraction of sp³-hybridized carbons (Fsp3) is 0.165. The second-order valence-electron chi connectivity index (χ2n) is 27.1. The zero-order valence-electron chi connectivity index (χ0n) is 58.5. The molecule has 5 aliphatic heterocycles. The van der Waals surface area contributed by atoms with E-state index < -0.39 is 0 Å². The van der Waals surface area contributed by atoms with E-state index in [4.69, 9.17) is 0 Å². The summed E-state index contributed by atoms with van der Waals surface area (Å²) in [5, 5.41) is 1.22. The van der Waals surface area contributed by atoms with Crippen LogP contribution in [0.3, 0.4) is 0 Å². The van der Waals surface area contributed by atoms with Gasteiger partial charge in [-0.15, -0.1) is 42.3 Å². The van der Waals surface area contributed by atoms with E-state index in [1.165, 1.54) is 135 Å². The van der Waals surface area contributed by atoms with Crippen LogP contribution in [0.5, 0.6) is 0 Å². The van der Waals surface area contributed by atoms with Gasteiger partial charge in [0.1, 0.15) is 48.3 Å². The van der Waals surface area contributed by atoms with Crippen LogP contribution in [0.4, 0.5) is 17.1 Å². The van der Waals surface area contributed by atoms with Crippen molar-refractivity contribution in [3.05, 3.63) is 418 Å². The number of aromatic nitrogens is 3. The predicted octanol–water partition coefficient (Wildman–Crippen LogP) is 17.5. The van der Waals surface area contributed by atoms with Crippen LogP contribution < -0.4 is 33.4 Å². The number of hydrogen-bond acceptors (Lipinski definition) is 4. The van der Waals surface area contributed by atoms with Gasteiger partial charge in [-0.05, 0) is 123 Å². The summed E-state index contributed by atoms with van der Waals surface area (Å²) >= 11 is 0. The van der Waals surface area contributed by atoms with Crippen molar-refractivity contribution in [1.82, 2.24) is 4.90 Å². The summed E-state index contributed by atoms with van der Waals surface area (Å²) in [6, 6.07) is 90.7. The van der Waals surface area contributed by atoms with E-state index in [0.717, 1.165) is 19.6 Å². The molecule has 0 N–H and O–H groups in total. The van der Waals surface area contributed by atoms with E-state index in [9.17, 15) is 0 Å². The third-order valence-electron chi connectivity index (χ3n) is 19.5. The average molecular weight is 1290 g/mol. The van der Waals surface area contributed by atoms with Gasteiger partial charge in [0, 0.05) is 22.6 Å². The maximum atomic E-state index is 2.45. The molecule has 0 bridgehead atoms. The summed E-state index contributed by atoms with van der Waals surface area (Å²) in [5.74, 6) is 0.530. The maximum Gasteiger partial charge on any atom is 0.245 e. The first-order chi connectivity index (χ1) is 48.3. The Morgan fingerprint density at radius 1 is 0.545 bits per heavy atom. The van der Waals surface area contributed by atoms with Gasteiger partial charge in [0.15, 0.2) is 18.1 Å². The predicted molar refractivity (Wildman–Crippen MR) is 404 cm³/mol. The first-order valence-electron chi connectivity index (χ1n) is 34.8. The van der Waals surface area contributed by atoms with Gasteiger partial charge in [-0.3, -0.25) is 4.90 Å². The summed E-state index contributed by atoms with van der Waals surface area (Å²) in [6.07, 6.45) is 19.8. The molecular weight excluding hydrogens is 1210 g/mol. The first kappa shape index (κ1) is 64.8. The third-order valence-corrected chi connectivity index (χ3v) is 19.5. The van der Waals surface area contributed by atoms with Crippen LogP contribution in [0.1, 0.15) is 127 Å². The Morgan fingerprint density at radius 3 is 1.79 bits per heavy atom. The molecule has 8 heteroatoms. The zero-order chi connectivity index (χ0) is 68.1. The van der Waals surface area contributed by atoms with Crippen molar-refractivity contribution in [2.24, 2.45) is 0 Å². The van der Waals surface area contributed by atoms with Crippen molar-refractivity contribution in [1.29, 1.82) is 0 Å². The van der Waals surface area contributed by atoms with Crippen molar-refractivity contribution in [3.8, 4) is 0 Å². The van der Waals surface area contributed by atoms with Crippen molar-refractivity contribution in [2.75, 3.05) is 14.7 Å². The Hall–Kier alpha value is -11.5. The van der Waals surface area contributed by atoms with Gasteiger partial charge in [0.05, 0.1) is 31.0 Å². The molecule has 2 atom stereocenters. The second kappa shape index (κ2) is 28.7. The number of benzene rings is 8. The van der Waals surface area contributed by atoms with Gasteiger partial charge < -0.3 is 23.5 Å². The van der Waals surface area contributed by atoms with Gasteiger partial charge in [0.2, 0.25) is 6.34 Å². The Balaban J connectivity index is 0.000000116. The highest BCUT2D eigenvalue weighted by atomic mass is 15.3. The third kappa shape index (κ3) is 13.7. The number of fused-ring (bicyclic) bond motifs is 5. The fourth-order valence-corrected chi connectivity index (χ4v) is 15.1. The topological polar surface area (TPSA) is 29.6 Å². The normalized spacial score (nSPS) is 16.2. The molecule has 8 aromatic carbocycles. The second-order valence-corrected chi connectivity index (χ2v) is 27.1. The van der Waals surface area contributed by atoms with Crippen molar-refractivity contribution in [3.63, 3.8) is 0 Å². The lowest BCUT2D eigenvalue weighted by Gasteiger charge is -2.28. The first-order valence-corrected chi connectivity index (χ1v) is 34.8. The van der Waals surface area contributed by atoms with Gasteiger partial charge in [0.25, 0.3) is 0 Å². The molecule has 1 aliphatic carbocycles. The van der Waals surface area contributed by atoms with E-state index in [-0.39, 0.29) is 12.1 Å². The minimum atomic E-state index is 0.139.